The Bertz CT molecular complexity index is 392. The topological polar surface area (TPSA) is 51.2 Å². The lowest BCUT2D eigenvalue weighted by Gasteiger charge is -2.23. The number of esters is 1. The Hall–Kier alpha value is -1.23. The van der Waals surface area contributed by atoms with Crippen LogP contribution in [0.25, 0.3) is 0 Å². The van der Waals surface area contributed by atoms with Gasteiger partial charge in [0.1, 0.15) is 11.4 Å². The molecule has 0 amide bonds. The van der Waals surface area contributed by atoms with E-state index in [1.165, 1.54) is 7.11 Å². The minimum Gasteiger partial charge on any atom is -0.465 e. The van der Waals surface area contributed by atoms with Crippen LogP contribution in [0.2, 0.25) is 0 Å². The number of aromatic nitrogens is 1. The summed E-state index contributed by atoms with van der Waals surface area (Å²) in [6.07, 6.45) is 3.91. The van der Waals surface area contributed by atoms with E-state index in [2.05, 4.69) is 10.3 Å². The van der Waals surface area contributed by atoms with Crippen LogP contribution in [-0.2, 0) is 4.74 Å². The van der Waals surface area contributed by atoms with E-state index in [9.17, 15) is 4.79 Å². The molecular weight excluding hydrogens is 236 g/mol. The lowest BCUT2D eigenvalue weighted by Crippen LogP contribution is -2.26. The molecule has 0 aliphatic carbocycles. The van der Waals surface area contributed by atoms with Gasteiger partial charge in [-0.15, -0.1) is 0 Å². The molecule has 92 valence electrons. The van der Waals surface area contributed by atoms with Crippen molar-refractivity contribution in [3.63, 3.8) is 0 Å². The van der Waals surface area contributed by atoms with Crippen molar-refractivity contribution in [2.45, 2.75) is 18.9 Å². The van der Waals surface area contributed by atoms with E-state index in [1.54, 1.807) is 18.3 Å². The van der Waals surface area contributed by atoms with E-state index in [0.717, 1.165) is 24.3 Å². The lowest BCUT2D eigenvalue weighted by molar-refractivity contribution is 0.0601. The highest BCUT2D eigenvalue weighted by Gasteiger charge is 2.18. The molecule has 0 bridgehead atoms. The summed E-state index contributed by atoms with van der Waals surface area (Å²) in [5.41, 5.74) is 0.508. The van der Waals surface area contributed by atoms with E-state index in [0.29, 0.717) is 17.4 Å². The molecule has 5 heteroatoms. The zero-order chi connectivity index (χ0) is 12.1. The fourth-order valence-corrected chi connectivity index (χ4v) is 2.94. The normalized spacial score (nSPS) is 16.5. The predicted molar refractivity (Wildman–Crippen MR) is 69.5 cm³/mol. The fraction of sp³-hybridized carbons (Fsp3) is 0.500. The standard InChI is InChI=1S/C12H16N2O2S/c1-16-12(15)10-3-2-6-13-11(10)14-9-4-7-17-8-5-9/h2-3,6,9H,4-5,7-8H2,1H3,(H,13,14). The van der Waals surface area contributed by atoms with Crippen LogP contribution in [-0.4, -0.2) is 35.6 Å². The monoisotopic (exact) mass is 252 g/mol. The Morgan fingerprint density at radius 3 is 3.00 bits per heavy atom. The summed E-state index contributed by atoms with van der Waals surface area (Å²) < 4.78 is 4.74. The molecule has 4 nitrogen and oxygen atoms in total. The Balaban J connectivity index is 2.11. The molecule has 1 aliphatic rings. The molecule has 1 aliphatic heterocycles. The highest BCUT2D eigenvalue weighted by atomic mass is 32.2. The van der Waals surface area contributed by atoms with Gasteiger partial charge in [-0.25, -0.2) is 9.78 Å². The summed E-state index contributed by atoms with van der Waals surface area (Å²) in [6, 6.07) is 3.89. The van der Waals surface area contributed by atoms with E-state index < -0.39 is 0 Å². The van der Waals surface area contributed by atoms with E-state index >= 15 is 0 Å². The molecule has 0 spiro atoms. The number of nitrogens with zero attached hydrogens (tertiary/aromatic N) is 1. The van der Waals surface area contributed by atoms with Gasteiger partial charge in [0, 0.05) is 12.2 Å². The van der Waals surface area contributed by atoms with Crippen LogP contribution in [0, 0.1) is 0 Å². The molecule has 0 saturated carbocycles. The van der Waals surface area contributed by atoms with Gasteiger partial charge >= 0.3 is 5.97 Å². The van der Waals surface area contributed by atoms with Crippen molar-refractivity contribution < 1.29 is 9.53 Å². The van der Waals surface area contributed by atoms with Crippen molar-refractivity contribution in [2.24, 2.45) is 0 Å². The summed E-state index contributed by atoms with van der Waals surface area (Å²) in [5, 5.41) is 3.34. The van der Waals surface area contributed by atoms with Gasteiger partial charge in [0.25, 0.3) is 0 Å². The first-order valence-electron chi connectivity index (χ1n) is 5.69. The fourth-order valence-electron chi connectivity index (χ4n) is 1.83. The minimum atomic E-state index is -0.342. The molecule has 0 unspecified atom stereocenters. The molecule has 0 atom stereocenters. The van der Waals surface area contributed by atoms with Crippen LogP contribution in [0.1, 0.15) is 23.2 Å². The van der Waals surface area contributed by atoms with Crippen LogP contribution in [0.4, 0.5) is 5.82 Å². The van der Waals surface area contributed by atoms with Crippen molar-refractivity contribution in [3.8, 4) is 0 Å². The molecule has 1 fully saturated rings. The van der Waals surface area contributed by atoms with Crippen molar-refractivity contribution in [2.75, 3.05) is 23.9 Å². The average Bonchev–Trinajstić information content (AvgIpc) is 2.40. The summed E-state index contributed by atoms with van der Waals surface area (Å²) in [7, 11) is 1.39. The summed E-state index contributed by atoms with van der Waals surface area (Å²) in [6.45, 7) is 0. The van der Waals surface area contributed by atoms with Crippen LogP contribution < -0.4 is 5.32 Å². The van der Waals surface area contributed by atoms with Crippen LogP contribution in [0.3, 0.4) is 0 Å². The van der Waals surface area contributed by atoms with Crippen molar-refractivity contribution in [1.82, 2.24) is 4.98 Å². The number of carbonyl (C=O) groups excluding carboxylic acids is 1. The molecule has 2 rings (SSSR count). The predicted octanol–water partition coefficient (Wildman–Crippen LogP) is 2.18. The first kappa shape index (κ1) is 12.2. The van der Waals surface area contributed by atoms with Crippen LogP contribution >= 0.6 is 11.8 Å². The summed E-state index contributed by atoms with van der Waals surface area (Å²) in [4.78, 5) is 15.8. The quantitative estimate of drug-likeness (QED) is 0.836. The Kier molecular flexibility index (Phi) is 4.25. The molecule has 17 heavy (non-hydrogen) atoms. The van der Waals surface area contributed by atoms with Crippen LogP contribution in [0.5, 0.6) is 0 Å². The van der Waals surface area contributed by atoms with Crippen molar-refractivity contribution in [3.05, 3.63) is 23.9 Å². The number of methoxy groups -OCH3 is 1. The van der Waals surface area contributed by atoms with Gasteiger partial charge in [-0.05, 0) is 36.5 Å². The van der Waals surface area contributed by atoms with E-state index in [-0.39, 0.29) is 5.97 Å². The molecule has 1 aromatic heterocycles. The van der Waals surface area contributed by atoms with Gasteiger partial charge in [-0.2, -0.15) is 11.8 Å². The molecule has 0 radical (unpaired) electrons. The first-order chi connectivity index (χ1) is 8.31. The number of thioether (sulfide) groups is 1. The minimum absolute atomic E-state index is 0.342. The number of anilines is 1. The highest BCUT2D eigenvalue weighted by molar-refractivity contribution is 7.99. The zero-order valence-corrected chi connectivity index (χ0v) is 10.6. The van der Waals surface area contributed by atoms with Gasteiger partial charge in [0.15, 0.2) is 0 Å². The highest BCUT2D eigenvalue weighted by Crippen LogP contribution is 2.22. The van der Waals surface area contributed by atoms with E-state index in [4.69, 9.17) is 4.74 Å². The van der Waals surface area contributed by atoms with Gasteiger partial charge in [0.05, 0.1) is 7.11 Å². The lowest BCUT2D eigenvalue weighted by atomic mass is 10.1. The maximum absolute atomic E-state index is 11.6. The summed E-state index contributed by atoms with van der Waals surface area (Å²) in [5.74, 6) is 2.62. The third-order valence-electron chi connectivity index (χ3n) is 2.78. The SMILES string of the molecule is COC(=O)c1cccnc1NC1CCSCC1. The second kappa shape index (κ2) is 5.91. The number of rotatable bonds is 3. The van der Waals surface area contributed by atoms with Crippen LogP contribution in [0.15, 0.2) is 18.3 Å². The Labute approximate surface area is 105 Å². The van der Waals surface area contributed by atoms with Gasteiger partial charge in [-0.3, -0.25) is 0 Å². The molecular formula is C12H16N2O2S. The number of carbonyl (C=O) groups is 1. The second-order valence-electron chi connectivity index (χ2n) is 3.92. The third kappa shape index (κ3) is 3.12. The van der Waals surface area contributed by atoms with Gasteiger partial charge in [0.2, 0.25) is 0 Å². The molecule has 1 N–H and O–H groups in total. The first-order valence-corrected chi connectivity index (χ1v) is 6.84. The maximum Gasteiger partial charge on any atom is 0.341 e. The smallest absolute Gasteiger partial charge is 0.341 e. The van der Waals surface area contributed by atoms with E-state index in [1.807, 2.05) is 11.8 Å². The zero-order valence-electron chi connectivity index (χ0n) is 9.81. The Morgan fingerprint density at radius 2 is 2.29 bits per heavy atom. The Morgan fingerprint density at radius 1 is 1.53 bits per heavy atom. The van der Waals surface area contributed by atoms with Gasteiger partial charge in [-0.1, -0.05) is 0 Å². The molecule has 0 aromatic carbocycles. The molecule has 2 heterocycles. The van der Waals surface area contributed by atoms with Crippen molar-refractivity contribution >= 4 is 23.5 Å². The van der Waals surface area contributed by atoms with Crippen molar-refractivity contribution in [1.29, 1.82) is 0 Å². The largest absolute Gasteiger partial charge is 0.465 e. The number of hydrogen-bond acceptors (Lipinski definition) is 5. The maximum atomic E-state index is 11.6. The summed E-state index contributed by atoms with van der Waals surface area (Å²) >= 11 is 1.97. The number of hydrogen-bond donors (Lipinski definition) is 1. The molecule has 1 aromatic rings. The average molecular weight is 252 g/mol. The van der Waals surface area contributed by atoms with Gasteiger partial charge < -0.3 is 10.1 Å². The number of ether oxygens (including phenoxy) is 1. The second-order valence-corrected chi connectivity index (χ2v) is 5.15. The molecule has 1 saturated heterocycles. The number of pyridine rings is 1. The number of nitrogens with one attached hydrogen (secondary N) is 1. The third-order valence-corrected chi connectivity index (χ3v) is 3.82.